The van der Waals surface area contributed by atoms with Gasteiger partial charge in [0, 0.05) is 26.1 Å². The molecule has 0 aliphatic carbocycles. The normalized spacial score (nSPS) is 14.8. The summed E-state index contributed by atoms with van der Waals surface area (Å²) < 4.78 is 22.3. The van der Waals surface area contributed by atoms with Crippen LogP contribution in [0.25, 0.3) is 0 Å². The quantitative estimate of drug-likeness (QED) is 0.105. The Morgan fingerprint density at radius 1 is 1.22 bits per heavy atom. The molecule has 0 aliphatic rings. The molecule has 1 aromatic rings. The minimum absolute atomic E-state index is 0.0292. The molecule has 0 aliphatic heterocycles. The molecule has 0 radical (unpaired) electrons. The van der Waals surface area contributed by atoms with Crippen molar-refractivity contribution < 1.29 is 28.5 Å². The lowest BCUT2D eigenvalue weighted by molar-refractivity contribution is -0.182. The van der Waals surface area contributed by atoms with E-state index < -0.39 is 17.7 Å². The Morgan fingerprint density at radius 2 is 1.94 bits per heavy atom. The smallest absolute Gasteiger partial charge is 0.314 e. The fraction of sp³-hybridized carbons (Fsp3) is 0.538. The number of hydrogen-bond donors (Lipinski definition) is 0. The molecular weight excluding hydrogens is 408 g/mol. The van der Waals surface area contributed by atoms with Crippen LogP contribution in [0.1, 0.15) is 52.5 Å². The molecular formula is C26H36O6. The lowest BCUT2D eigenvalue weighted by atomic mass is 9.88. The fourth-order valence-electron chi connectivity index (χ4n) is 3.29. The maximum atomic E-state index is 12.2. The van der Waals surface area contributed by atoms with E-state index in [1.807, 2.05) is 44.2 Å². The molecule has 0 aromatic heterocycles. The molecule has 0 spiro atoms. The number of methoxy groups -OCH3 is 1. The van der Waals surface area contributed by atoms with Gasteiger partial charge in [-0.25, -0.2) is 0 Å². The maximum Gasteiger partial charge on any atom is 0.314 e. The Kier molecular flexibility index (Phi) is 13.2. The molecule has 1 aromatic carbocycles. The third-order valence-electron chi connectivity index (χ3n) is 4.64. The molecule has 0 heterocycles. The van der Waals surface area contributed by atoms with Crippen molar-refractivity contribution in [1.29, 1.82) is 0 Å². The number of ether oxygens (including phenoxy) is 4. The van der Waals surface area contributed by atoms with Crippen molar-refractivity contribution in [3.63, 3.8) is 0 Å². The third-order valence-corrected chi connectivity index (χ3v) is 4.64. The third kappa shape index (κ3) is 10.7. The van der Waals surface area contributed by atoms with Gasteiger partial charge >= 0.3 is 5.97 Å². The first-order valence-corrected chi connectivity index (χ1v) is 10.9. The largest absolute Gasteiger partial charge is 0.452 e. The second kappa shape index (κ2) is 15.4. The van der Waals surface area contributed by atoms with Gasteiger partial charge in [0.2, 0.25) is 0 Å². The first-order valence-electron chi connectivity index (χ1n) is 10.9. The van der Waals surface area contributed by atoms with Crippen LogP contribution in [0, 0.1) is 17.8 Å². The highest BCUT2D eigenvalue weighted by Crippen LogP contribution is 2.27. The van der Waals surface area contributed by atoms with Crippen molar-refractivity contribution in [2.24, 2.45) is 5.92 Å². The van der Waals surface area contributed by atoms with Gasteiger partial charge in [-0.1, -0.05) is 42.3 Å². The molecule has 6 nitrogen and oxygen atoms in total. The molecule has 0 saturated heterocycles. The molecule has 176 valence electrons. The fourth-order valence-corrected chi connectivity index (χ4v) is 3.29. The van der Waals surface area contributed by atoms with Gasteiger partial charge in [-0.3, -0.25) is 9.59 Å². The van der Waals surface area contributed by atoms with Crippen LogP contribution in [0.4, 0.5) is 0 Å². The predicted molar refractivity (Wildman–Crippen MR) is 124 cm³/mol. The van der Waals surface area contributed by atoms with Crippen LogP contribution in [-0.2, 0) is 35.1 Å². The molecule has 32 heavy (non-hydrogen) atoms. The van der Waals surface area contributed by atoms with Gasteiger partial charge in [0.25, 0.3) is 0 Å². The van der Waals surface area contributed by atoms with Gasteiger partial charge in [0.05, 0.1) is 6.61 Å². The monoisotopic (exact) mass is 444 g/mol. The zero-order valence-corrected chi connectivity index (χ0v) is 19.9. The summed E-state index contributed by atoms with van der Waals surface area (Å²) in [7, 11) is 1.53. The van der Waals surface area contributed by atoms with Crippen molar-refractivity contribution in [2.45, 2.75) is 65.3 Å². The number of Topliss-reactive ketones (excluding diaryl/α,β-unsaturated/α-hetero) is 1. The Hall–Kier alpha value is -2.46. The van der Waals surface area contributed by atoms with E-state index in [1.54, 1.807) is 19.1 Å². The second-order valence-corrected chi connectivity index (χ2v) is 7.78. The number of benzene rings is 1. The number of ketones is 1. The summed E-state index contributed by atoms with van der Waals surface area (Å²) >= 11 is 0. The van der Waals surface area contributed by atoms with Gasteiger partial charge in [-0.15, -0.1) is 5.92 Å². The zero-order valence-electron chi connectivity index (χ0n) is 19.9. The Morgan fingerprint density at radius 3 is 2.56 bits per heavy atom. The minimum atomic E-state index is -1.09. The number of rotatable bonds is 14. The van der Waals surface area contributed by atoms with Gasteiger partial charge in [-0.2, -0.15) is 0 Å². The first kappa shape index (κ1) is 27.6. The van der Waals surface area contributed by atoms with E-state index in [9.17, 15) is 9.59 Å². The van der Waals surface area contributed by atoms with Crippen molar-refractivity contribution in [3.8, 4) is 11.8 Å². The van der Waals surface area contributed by atoms with Crippen LogP contribution in [0.3, 0.4) is 0 Å². The van der Waals surface area contributed by atoms with E-state index in [4.69, 9.17) is 18.9 Å². The van der Waals surface area contributed by atoms with Gasteiger partial charge < -0.3 is 18.9 Å². The van der Waals surface area contributed by atoms with Gasteiger partial charge in [0.1, 0.15) is 25.1 Å². The van der Waals surface area contributed by atoms with Crippen LogP contribution in [0.15, 0.2) is 42.5 Å². The van der Waals surface area contributed by atoms with E-state index in [1.165, 1.54) is 14.0 Å². The number of carbonyl (C=O) groups excluding carboxylic acids is 2. The molecule has 6 heteroatoms. The lowest BCUT2D eigenvalue weighted by Gasteiger charge is -2.36. The molecule has 0 fully saturated rings. The van der Waals surface area contributed by atoms with Gasteiger partial charge in [-0.05, 0) is 45.8 Å². The molecule has 0 bridgehead atoms. The molecule has 0 N–H and O–H groups in total. The molecule has 1 rings (SSSR count). The number of carbonyl (C=O) groups is 2. The number of allylic oxidation sites excluding steroid dienone is 1. The summed E-state index contributed by atoms with van der Waals surface area (Å²) in [6, 6.07) is 10.0. The van der Waals surface area contributed by atoms with Crippen molar-refractivity contribution >= 4 is 11.8 Å². The summed E-state index contributed by atoms with van der Waals surface area (Å²) in [6.07, 6.45) is 4.18. The average Bonchev–Trinajstić information content (AvgIpc) is 2.73. The first-order chi connectivity index (χ1) is 15.3. The Bertz CT molecular complexity index is 777. The topological polar surface area (TPSA) is 71.1 Å². The van der Waals surface area contributed by atoms with Gasteiger partial charge in [0.15, 0.2) is 5.60 Å². The van der Waals surface area contributed by atoms with Crippen LogP contribution in [-0.4, -0.2) is 44.0 Å². The summed E-state index contributed by atoms with van der Waals surface area (Å²) in [5, 5.41) is 0. The summed E-state index contributed by atoms with van der Waals surface area (Å²) in [5.41, 5.74) is 0.0557. The van der Waals surface area contributed by atoms with Crippen molar-refractivity contribution in [2.75, 3.05) is 20.5 Å². The number of unbranched alkanes of at least 4 members (excludes halogenated alkanes) is 1. The Balaban J connectivity index is 2.69. The second-order valence-electron chi connectivity index (χ2n) is 7.78. The summed E-state index contributed by atoms with van der Waals surface area (Å²) in [4.78, 5) is 23.5. The van der Waals surface area contributed by atoms with Crippen LogP contribution < -0.4 is 0 Å². The highest BCUT2D eigenvalue weighted by atomic mass is 16.7. The molecule has 0 amide bonds. The molecule has 3 atom stereocenters. The molecule has 0 saturated carbocycles. The van der Waals surface area contributed by atoms with Crippen LogP contribution in [0.5, 0.6) is 0 Å². The maximum absolute atomic E-state index is 12.2. The van der Waals surface area contributed by atoms with Crippen LogP contribution >= 0.6 is 0 Å². The highest BCUT2D eigenvalue weighted by Gasteiger charge is 2.40. The lowest BCUT2D eigenvalue weighted by Crippen LogP contribution is -2.47. The van der Waals surface area contributed by atoms with Crippen LogP contribution in [0.2, 0.25) is 0 Å². The number of hydrogen-bond acceptors (Lipinski definition) is 6. The highest BCUT2D eigenvalue weighted by molar-refractivity contribution is 5.94. The molecule has 0 unspecified atom stereocenters. The summed E-state index contributed by atoms with van der Waals surface area (Å²) in [5.74, 6) is 5.27. The van der Waals surface area contributed by atoms with E-state index in [0.29, 0.717) is 19.6 Å². The summed E-state index contributed by atoms with van der Waals surface area (Å²) in [6.45, 7) is 8.09. The SMILES string of the molecule is C/C=C\[C@@](C)(OC(=O)CC(C)=O)[C@H](OCOC)[C@H](C)C#CCCCOCc1ccccc1. The van der Waals surface area contributed by atoms with E-state index in [-0.39, 0.29) is 24.9 Å². The standard InChI is InChI=1S/C26H36O6/c1-6-16-26(4,32-24(28)18-22(3)27)25(31-20-29-5)21(2)13-9-8-12-17-30-19-23-14-10-7-11-15-23/h6-7,10-11,14-16,21,25H,8,12,17-20H2,1-5H3/b16-6-/t21-,25-,26-/m1/s1. The number of esters is 1. The van der Waals surface area contributed by atoms with Crippen molar-refractivity contribution in [3.05, 3.63) is 48.0 Å². The van der Waals surface area contributed by atoms with E-state index >= 15 is 0 Å². The minimum Gasteiger partial charge on any atom is -0.452 e. The average molecular weight is 445 g/mol. The van der Waals surface area contributed by atoms with Crippen molar-refractivity contribution in [1.82, 2.24) is 0 Å². The predicted octanol–water partition coefficient (Wildman–Crippen LogP) is 4.47. The Labute approximate surface area is 192 Å². The van der Waals surface area contributed by atoms with E-state index in [2.05, 4.69) is 11.8 Å². The van der Waals surface area contributed by atoms with E-state index in [0.717, 1.165) is 12.0 Å². The zero-order chi connectivity index (χ0) is 23.8.